The van der Waals surface area contributed by atoms with E-state index in [1.54, 1.807) is 25.6 Å². The van der Waals surface area contributed by atoms with Crippen molar-refractivity contribution in [2.45, 2.75) is 46.1 Å². The number of nitrogens with zero attached hydrogens (tertiary/aromatic N) is 2. The van der Waals surface area contributed by atoms with E-state index in [-0.39, 0.29) is 17.3 Å². The van der Waals surface area contributed by atoms with Crippen LogP contribution >= 0.6 is 0 Å². The smallest absolute Gasteiger partial charge is 0.300 e. The number of methoxy groups -OCH3 is 1. The highest BCUT2D eigenvalue weighted by atomic mass is 16.5. The van der Waals surface area contributed by atoms with Crippen LogP contribution < -0.4 is 9.64 Å². The van der Waals surface area contributed by atoms with Crippen LogP contribution in [0.1, 0.15) is 60.5 Å². The lowest BCUT2D eigenvalue weighted by Gasteiger charge is -2.25. The fourth-order valence-corrected chi connectivity index (χ4v) is 4.57. The van der Waals surface area contributed by atoms with E-state index in [0.717, 1.165) is 23.1 Å². The van der Waals surface area contributed by atoms with Gasteiger partial charge >= 0.3 is 0 Å². The lowest BCUT2D eigenvalue weighted by Crippen LogP contribution is -2.29. The molecule has 1 N–H and O–H groups in total. The first kappa shape index (κ1) is 24.2. The first-order valence-corrected chi connectivity index (χ1v) is 11.8. The molecule has 0 radical (unpaired) electrons. The van der Waals surface area contributed by atoms with Crippen molar-refractivity contribution in [1.29, 1.82) is 0 Å². The molecule has 1 aromatic heterocycles. The second-order valence-corrected chi connectivity index (χ2v) is 9.04. The maximum Gasteiger partial charge on any atom is 0.300 e. The topological polar surface area (TPSA) is 79.7 Å². The van der Waals surface area contributed by atoms with Gasteiger partial charge in [0.25, 0.3) is 11.7 Å². The van der Waals surface area contributed by atoms with Crippen molar-refractivity contribution in [3.63, 3.8) is 0 Å². The van der Waals surface area contributed by atoms with Crippen molar-refractivity contribution >= 4 is 23.1 Å². The molecule has 4 rings (SSSR count). The molecule has 2 aromatic carbocycles. The minimum atomic E-state index is -0.805. The first-order valence-electron chi connectivity index (χ1n) is 11.8. The van der Waals surface area contributed by atoms with Crippen LogP contribution in [-0.4, -0.2) is 28.9 Å². The van der Waals surface area contributed by atoms with Crippen LogP contribution in [-0.2, 0) is 16.0 Å². The number of benzene rings is 2. The number of carbonyl (C=O) groups is 2. The van der Waals surface area contributed by atoms with Gasteiger partial charge < -0.3 is 9.84 Å². The summed E-state index contributed by atoms with van der Waals surface area (Å²) in [7, 11) is 1.61. The van der Waals surface area contributed by atoms with Gasteiger partial charge in [0.05, 0.1) is 18.7 Å². The molecule has 0 saturated carbocycles. The highest BCUT2D eigenvalue weighted by molar-refractivity contribution is 6.51. The monoisotopic (exact) mass is 470 g/mol. The number of aryl methyl sites for hydroxylation is 2. The molecule has 0 spiro atoms. The Morgan fingerprint density at radius 1 is 1.14 bits per heavy atom. The van der Waals surface area contributed by atoms with Gasteiger partial charge in [-0.2, -0.15) is 0 Å². The normalized spacial score (nSPS) is 17.3. The number of carbonyl (C=O) groups excluding carboxylic acids is 2. The minimum absolute atomic E-state index is 0.0468. The summed E-state index contributed by atoms with van der Waals surface area (Å²) >= 11 is 0. The van der Waals surface area contributed by atoms with Crippen molar-refractivity contribution < 1.29 is 19.4 Å². The number of aliphatic hydroxyl groups excluding tert-OH is 1. The molecule has 35 heavy (non-hydrogen) atoms. The summed E-state index contributed by atoms with van der Waals surface area (Å²) in [5.41, 5.74) is 4.55. The molecule has 0 bridgehead atoms. The first-order chi connectivity index (χ1) is 16.8. The van der Waals surface area contributed by atoms with E-state index in [4.69, 9.17) is 4.74 Å². The van der Waals surface area contributed by atoms with Crippen LogP contribution in [0.15, 0.2) is 66.5 Å². The number of hydrogen-bond donors (Lipinski definition) is 1. The van der Waals surface area contributed by atoms with E-state index >= 15 is 0 Å². The predicted molar refractivity (Wildman–Crippen MR) is 137 cm³/mol. The predicted octanol–water partition coefficient (Wildman–Crippen LogP) is 5.71. The van der Waals surface area contributed by atoms with Gasteiger partial charge in [-0.25, -0.2) is 0 Å². The molecule has 1 fully saturated rings. The number of aromatic nitrogens is 1. The second kappa shape index (κ2) is 9.74. The second-order valence-electron chi connectivity index (χ2n) is 9.04. The summed E-state index contributed by atoms with van der Waals surface area (Å²) in [6.07, 6.45) is 4.12. The van der Waals surface area contributed by atoms with Gasteiger partial charge in [0.15, 0.2) is 0 Å². The standard InChI is InChI=1S/C29H30N2O4/c1-6-19-9-11-21(12-10-19)31-26(20-8-7-13-30-16-20)25(28(33)29(31)34)27(32)23-15-22(17(2)3)24(35-5)14-18(23)4/h7-17,26,32H,6H2,1-5H3/b27-25+. The minimum Gasteiger partial charge on any atom is -0.507 e. The van der Waals surface area contributed by atoms with Gasteiger partial charge in [-0.3, -0.25) is 19.5 Å². The number of Topliss-reactive ketones (excluding diaryl/α,β-unsaturated/α-hetero) is 1. The Kier molecular flexibility index (Phi) is 6.74. The molecule has 1 atom stereocenters. The summed E-state index contributed by atoms with van der Waals surface area (Å²) in [6, 6.07) is 14.0. The Hall–Kier alpha value is -3.93. The van der Waals surface area contributed by atoms with E-state index in [2.05, 4.69) is 11.9 Å². The van der Waals surface area contributed by atoms with Gasteiger partial charge in [-0.1, -0.05) is 39.0 Å². The summed E-state index contributed by atoms with van der Waals surface area (Å²) < 4.78 is 5.53. The zero-order valence-corrected chi connectivity index (χ0v) is 20.7. The molecule has 6 heteroatoms. The fraction of sp³-hybridized carbons (Fsp3) is 0.276. The number of rotatable bonds is 6. The third-order valence-electron chi connectivity index (χ3n) is 6.52. The molecule has 1 aliphatic rings. The average Bonchev–Trinajstić information content (AvgIpc) is 3.14. The van der Waals surface area contributed by atoms with E-state index in [0.29, 0.717) is 22.6 Å². The Morgan fingerprint density at radius 3 is 2.43 bits per heavy atom. The molecular formula is C29H30N2O4. The summed E-state index contributed by atoms with van der Waals surface area (Å²) in [4.78, 5) is 32.4. The number of pyridine rings is 1. The number of anilines is 1. The molecule has 2 heterocycles. The number of ether oxygens (including phenoxy) is 1. The number of amides is 1. The van der Waals surface area contributed by atoms with Crippen LogP contribution in [0.25, 0.3) is 5.76 Å². The zero-order valence-electron chi connectivity index (χ0n) is 20.7. The number of ketones is 1. The molecule has 1 saturated heterocycles. The van der Waals surface area contributed by atoms with Crippen molar-refractivity contribution in [2.75, 3.05) is 12.0 Å². The van der Waals surface area contributed by atoms with Crippen LogP contribution in [0.5, 0.6) is 5.75 Å². The summed E-state index contributed by atoms with van der Waals surface area (Å²) in [5, 5.41) is 11.6. The third-order valence-corrected chi connectivity index (χ3v) is 6.52. The summed E-state index contributed by atoms with van der Waals surface area (Å²) in [5.74, 6) is -0.760. The highest BCUT2D eigenvalue weighted by Gasteiger charge is 2.47. The third kappa shape index (κ3) is 4.32. The van der Waals surface area contributed by atoms with Crippen molar-refractivity contribution in [3.8, 4) is 5.75 Å². The van der Waals surface area contributed by atoms with Gasteiger partial charge in [-0.15, -0.1) is 0 Å². The largest absolute Gasteiger partial charge is 0.507 e. The number of aliphatic hydroxyl groups is 1. The molecule has 6 nitrogen and oxygen atoms in total. The van der Waals surface area contributed by atoms with E-state index in [1.807, 2.05) is 63.2 Å². The van der Waals surface area contributed by atoms with Gasteiger partial charge in [0.1, 0.15) is 11.5 Å². The summed E-state index contributed by atoms with van der Waals surface area (Å²) in [6.45, 7) is 7.97. The van der Waals surface area contributed by atoms with E-state index in [9.17, 15) is 14.7 Å². The van der Waals surface area contributed by atoms with E-state index in [1.165, 1.54) is 4.90 Å². The zero-order chi connectivity index (χ0) is 25.3. The quantitative estimate of drug-likeness (QED) is 0.284. The average molecular weight is 471 g/mol. The van der Waals surface area contributed by atoms with Crippen LogP contribution in [0, 0.1) is 6.92 Å². The fourth-order valence-electron chi connectivity index (χ4n) is 4.57. The molecule has 1 unspecified atom stereocenters. The Bertz CT molecular complexity index is 1290. The van der Waals surface area contributed by atoms with E-state index < -0.39 is 17.7 Å². The maximum atomic E-state index is 13.4. The Morgan fingerprint density at radius 2 is 1.86 bits per heavy atom. The molecular weight excluding hydrogens is 440 g/mol. The lowest BCUT2D eigenvalue weighted by molar-refractivity contribution is -0.132. The van der Waals surface area contributed by atoms with Crippen molar-refractivity contribution in [3.05, 3.63) is 94.3 Å². The lowest BCUT2D eigenvalue weighted by atomic mass is 9.91. The molecule has 0 aliphatic carbocycles. The van der Waals surface area contributed by atoms with Crippen LogP contribution in [0.4, 0.5) is 5.69 Å². The van der Waals surface area contributed by atoms with Crippen molar-refractivity contribution in [2.24, 2.45) is 0 Å². The van der Waals surface area contributed by atoms with Crippen LogP contribution in [0.2, 0.25) is 0 Å². The molecule has 180 valence electrons. The molecule has 3 aromatic rings. The molecule has 1 amide bonds. The molecule has 1 aliphatic heterocycles. The van der Waals surface area contributed by atoms with Gasteiger partial charge in [0, 0.05) is 23.6 Å². The van der Waals surface area contributed by atoms with Crippen LogP contribution in [0.3, 0.4) is 0 Å². The van der Waals surface area contributed by atoms with Gasteiger partial charge in [-0.05, 0) is 71.8 Å². The highest BCUT2D eigenvalue weighted by Crippen LogP contribution is 2.43. The SMILES string of the molecule is CCc1ccc(N2C(=O)C(=O)/C(=C(/O)c3cc(C(C)C)c(OC)cc3C)C2c2cccnc2)cc1. The number of hydrogen-bond acceptors (Lipinski definition) is 5. The van der Waals surface area contributed by atoms with Crippen molar-refractivity contribution in [1.82, 2.24) is 4.98 Å². The van der Waals surface area contributed by atoms with Gasteiger partial charge in [0.2, 0.25) is 0 Å². The maximum absolute atomic E-state index is 13.4. The Balaban J connectivity index is 1.95. The Labute approximate surface area is 205 Å².